The van der Waals surface area contributed by atoms with E-state index in [0.29, 0.717) is 11.6 Å². The number of hydrogen-bond donors (Lipinski definition) is 2. The van der Waals surface area contributed by atoms with Gasteiger partial charge in [0.1, 0.15) is 11.5 Å². The zero-order valence-electron chi connectivity index (χ0n) is 11.6. The van der Waals surface area contributed by atoms with Crippen LogP contribution in [-0.4, -0.2) is 11.7 Å². The van der Waals surface area contributed by atoms with Gasteiger partial charge in [-0.3, -0.25) is 0 Å². The molecular formula is C16H18ClNO2. The second-order valence-electron chi connectivity index (χ2n) is 4.53. The molecule has 2 aromatic rings. The van der Waals surface area contributed by atoms with E-state index in [1.165, 1.54) is 0 Å². The third-order valence-corrected chi connectivity index (χ3v) is 3.32. The molecule has 0 aromatic heterocycles. The van der Waals surface area contributed by atoms with Crippen molar-refractivity contribution in [3.8, 4) is 11.5 Å². The monoisotopic (exact) mass is 291 g/mol. The van der Waals surface area contributed by atoms with Crippen molar-refractivity contribution in [2.75, 3.05) is 11.9 Å². The Bertz CT molecular complexity index is 569. The van der Waals surface area contributed by atoms with Crippen LogP contribution < -0.4 is 10.1 Å². The topological polar surface area (TPSA) is 41.5 Å². The average molecular weight is 292 g/mol. The minimum Gasteiger partial charge on any atom is -0.506 e. The zero-order chi connectivity index (χ0) is 14.5. The van der Waals surface area contributed by atoms with E-state index in [4.69, 9.17) is 16.3 Å². The maximum atomic E-state index is 9.40. The van der Waals surface area contributed by atoms with Crippen LogP contribution in [0.3, 0.4) is 0 Å². The minimum atomic E-state index is 0.0888. The number of phenols is 1. The highest BCUT2D eigenvalue weighted by molar-refractivity contribution is 6.32. The third kappa shape index (κ3) is 3.58. The molecule has 106 valence electrons. The van der Waals surface area contributed by atoms with E-state index in [1.807, 2.05) is 31.2 Å². The van der Waals surface area contributed by atoms with Gasteiger partial charge in [-0.05, 0) is 49.7 Å². The zero-order valence-corrected chi connectivity index (χ0v) is 12.3. The van der Waals surface area contributed by atoms with Gasteiger partial charge in [-0.1, -0.05) is 23.7 Å². The summed E-state index contributed by atoms with van der Waals surface area (Å²) in [5.41, 5.74) is 2.02. The second kappa shape index (κ2) is 6.53. The molecule has 2 rings (SSSR count). The molecular weight excluding hydrogens is 274 g/mol. The summed E-state index contributed by atoms with van der Waals surface area (Å²) in [7, 11) is 0. The lowest BCUT2D eigenvalue weighted by atomic mass is 10.1. The van der Waals surface area contributed by atoms with Crippen LogP contribution in [-0.2, 0) is 0 Å². The van der Waals surface area contributed by atoms with Crippen molar-refractivity contribution in [2.24, 2.45) is 0 Å². The van der Waals surface area contributed by atoms with Crippen LogP contribution in [0.15, 0.2) is 42.5 Å². The summed E-state index contributed by atoms with van der Waals surface area (Å²) in [6.07, 6.45) is 0. The fourth-order valence-corrected chi connectivity index (χ4v) is 2.13. The Labute approximate surface area is 124 Å². The molecule has 0 fully saturated rings. The summed E-state index contributed by atoms with van der Waals surface area (Å²) in [5, 5.41) is 13.1. The van der Waals surface area contributed by atoms with E-state index in [9.17, 15) is 5.11 Å². The van der Waals surface area contributed by atoms with Crippen molar-refractivity contribution in [2.45, 2.75) is 19.9 Å². The first-order valence-corrected chi connectivity index (χ1v) is 6.95. The van der Waals surface area contributed by atoms with Gasteiger partial charge in [-0.15, -0.1) is 0 Å². The highest BCUT2D eigenvalue weighted by atomic mass is 35.5. The molecule has 0 saturated heterocycles. The Kier molecular flexibility index (Phi) is 4.74. The lowest BCUT2D eigenvalue weighted by molar-refractivity contribution is 0.340. The first-order valence-electron chi connectivity index (χ1n) is 6.58. The quantitative estimate of drug-likeness (QED) is 0.790. The predicted octanol–water partition coefficient (Wildman–Crippen LogP) is 4.62. The van der Waals surface area contributed by atoms with E-state index in [-0.39, 0.29) is 11.8 Å². The SMILES string of the molecule is CCOc1ccc(C(C)Nc2ccc(O)c(Cl)c2)cc1. The number of ether oxygens (including phenoxy) is 1. The van der Waals surface area contributed by atoms with Crippen molar-refractivity contribution in [3.63, 3.8) is 0 Å². The summed E-state index contributed by atoms with van der Waals surface area (Å²) >= 11 is 5.89. The predicted molar refractivity (Wildman–Crippen MR) is 82.8 cm³/mol. The molecule has 1 atom stereocenters. The smallest absolute Gasteiger partial charge is 0.134 e. The van der Waals surface area contributed by atoms with E-state index >= 15 is 0 Å². The number of hydrogen-bond acceptors (Lipinski definition) is 3. The summed E-state index contributed by atoms with van der Waals surface area (Å²) in [5.74, 6) is 0.960. The van der Waals surface area contributed by atoms with Crippen LogP contribution in [0.5, 0.6) is 11.5 Å². The molecule has 1 unspecified atom stereocenters. The number of halogens is 1. The molecule has 0 saturated carbocycles. The molecule has 0 spiro atoms. The fourth-order valence-electron chi connectivity index (χ4n) is 1.95. The highest BCUT2D eigenvalue weighted by Gasteiger charge is 2.07. The van der Waals surface area contributed by atoms with Gasteiger partial charge in [-0.2, -0.15) is 0 Å². The van der Waals surface area contributed by atoms with Crippen LogP contribution in [0.1, 0.15) is 25.5 Å². The van der Waals surface area contributed by atoms with Gasteiger partial charge in [0.05, 0.1) is 11.6 Å². The highest BCUT2D eigenvalue weighted by Crippen LogP contribution is 2.28. The van der Waals surface area contributed by atoms with Crippen molar-refractivity contribution in [3.05, 3.63) is 53.1 Å². The third-order valence-electron chi connectivity index (χ3n) is 3.02. The number of benzene rings is 2. The molecule has 0 heterocycles. The molecule has 3 nitrogen and oxygen atoms in total. The number of anilines is 1. The van der Waals surface area contributed by atoms with Crippen molar-refractivity contribution in [1.82, 2.24) is 0 Å². The lowest BCUT2D eigenvalue weighted by Crippen LogP contribution is -2.06. The van der Waals surface area contributed by atoms with Gasteiger partial charge in [-0.25, -0.2) is 0 Å². The van der Waals surface area contributed by atoms with Crippen LogP contribution in [0.2, 0.25) is 5.02 Å². The van der Waals surface area contributed by atoms with Gasteiger partial charge in [0.15, 0.2) is 0 Å². The average Bonchev–Trinajstić information content (AvgIpc) is 2.44. The molecule has 0 aliphatic carbocycles. The molecule has 0 radical (unpaired) electrons. The summed E-state index contributed by atoms with van der Waals surface area (Å²) in [4.78, 5) is 0. The Balaban J connectivity index is 2.06. The van der Waals surface area contributed by atoms with E-state index < -0.39 is 0 Å². The first-order chi connectivity index (χ1) is 9.60. The van der Waals surface area contributed by atoms with Gasteiger partial charge in [0.2, 0.25) is 0 Å². The second-order valence-corrected chi connectivity index (χ2v) is 4.94. The Morgan fingerprint density at radius 3 is 2.50 bits per heavy atom. The maximum Gasteiger partial charge on any atom is 0.134 e. The van der Waals surface area contributed by atoms with Crippen molar-refractivity contribution in [1.29, 1.82) is 0 Å². The van der Waals surface area contributed by atoms with E-state index in [1.54, 1.807) is 18.2 Å². The molecule has 0 bridgehead atoms. The van der Waals surface area contributed by atoms with Gasteiger partial charge >= 0.3 is 0 Å². The molecule has 2 aromatic carbocycles. The van der Waals surface area contributed by atoms with Gasteiger partial charge < -0.3 is 15.2 Å². The van der Waals surface area contributed by atoms with Crippen molar-refractivity contribution < 1.29 is 9.84 Å². The number of nitrogens with one attached hydrogen (secondary N) is 1. The van der Waals surface area contributed by atoms with Crippen LogP contribution in [0.4, 0.5) is 5.69 Å². The number of phenolic OH excluding ortho intramolecular Hbond substituents is 1. The Morgan fingerprint density at radius 1 is 1.20 bits per heavy atom. The molecule has 0 amide bonds. The summed E-state index contributed by atoms with van der Waals surface area (Å²) < 4.78 is 5.42. The van der Waals surface area contributed by atoms with Gasteiger partial charge in [0.25, 0.3) is 0 Å². The summed E-state index contributed by atoms with van der Waals surface area (Å²) in [6.45, 7) is 4.70. The van der Waals surface area contributed by atoms with E-state index in [2.05, 4.69) is 12.2 Å². The Morgan fingerprint density at radius 2 is 1.90 bits per heavy atom. The maximum absolute atomic E-state index is 9.40. The molecule has 20 heavy (non-hydrogen) atoms. The number of aromatic hydroxyl groups is 1. The normalized spacial score (nSPS) is 11.9. The van der Waals surface area contributed by atoms with Crippen molar-refractivity contribution >= 4 is 17.3 Å². The Hall–Kier alpha value is -1.87. The molecule has 0 aliphatic heterocycles. The molecule has 4 heteroatoms. The standard InChI is InChI=1S/C16H18ClNO2/c1-3-20-14-7-4-12(5-8-14)11(2)18-13-6-9-16(19)15(17)10-13/h4-11,18-19H,3H2,1-2H3. The largest absolute Gasteiger partial charge is 0.506 e. The van der Waals surface area contributed by atoms with Gasteiger partial charge in [0, 0.05) is 11.7 Å². The van der Waals surface area contributed by atoms with E-state index in [0.717, 1.165) is 17.0 Å². The lowest BCUT2D eigenvalue weighted by Gasteiger charge is -2.16. The van der Waals surface area contributed by atoms with Crippen LogP contribution in [0.25, 0.3) is 0 Å². The fraction of sp³-hybridized carbons (Fsp3) is 0.250. The minimum absolute atomic E-state index is 0.0888. The molecule has 2 N–H and O–H groups in total. The first kappa shape index (κ1) is 14.5. The molecule has 0 aliphatic rings. The summed E-state index contributed by atoms with van der Waals surface area (Å²) in [6, 6.07) is 13.2. The van der Waals surface area contributed by atoms with Crippen LogP contribution in [0, 0.1) is 0 Å². The van der Waals surface area contributed by atoms with Crippen LogP contribution >= 0.6 is 11.6 Å². The number of rotatable bonds is 5.